The Bertz CT molecular complexity index is 3260. The first-order chi connectivity index (χ1) is 35.5. The number of Topliss-reactive ketones (excluding diaryl/α,β-unsaturated/α-hetero) is 1. The smallest absolute Gasteiger partial charge is 0.254 e. The topological polar surface area (TPSA) is 200 Å². The Morgan fingerprint density at radius 3 is 2.68 bits per heavy atom. The average molecular weight is 989 g/mol. The second kappa shape index (κ2) is 17.8. The first-order valence-electron chi connectivity index (χ1n) is 26.2. The number of carbonyl (C=O) groups is 2. The fourth-order valence-corrected chi connectivity index (χ4v) is 13.9. The predicted molar refractivity (Wildman–Crippen MR) is 270 cm³/mol. The number of aromatic amines is 1. The summed E-state index contributed by atoms with van der Waals surface area (Å²) in [7, 11) is 1.58. The highest BCUT2D eigenvalue weighted by Crippen LogP contribution is 2.60. The van der Waals surface area contributed by atoms with Gasteiger partial charge in [0.25, 0.3) is 5.91 Å². The predicted octanol–water partition coefficient (Wildman–Crippen LogP) is 7.60. The van der Waals surface area contributed by atoms with Gasteiger partial charge >= 0.3 is 0 Å². The molecular formula is C59H60N2O12. The molecule has 14 heteroatoms. The highest BCUT2D eigenvalue weighted by atomic mass is 16.7. The van der Waals surface area contributed by atoms with Crippen LogP contribution in [-0.4, -0.2) is 110 Å². The molecule has 5 aromatic rings. The maximum absolute atomic E-state index is 15.4. The van der Waals surface area contributed by atoms with Gasteiger partial charge in [0.2, 0.25) is 6.29 Å². The van der Waals surface area contributed by atoms with Crippen LogP contribution in [-0.2, 0) is 40.0 Å². The molecule has 14 nitrogen and oxygen atoms in total. The molecule has 378 valence electrons. The summed E-state index contributed by atoms with van der Waals surface area (Å²) < 4.78 is 33.0. The van der Waals surface area contributed by atoms with Gasteiger partial charge in [0, 0.05) is 52.1 Å². The molecule has 73 heavy (non-hydrogen) atoms. The number of aliphatic hydroxyl groups is 4. The Morgan fingerprint density at radius 1 is 0.986 bits per heavy atom. The third-order valence-electron chi connectivity index (χ3n) is 17.6. The number of H-pyrrole nitrogens is 1. The summed E-state index contributed by atoms with van der Waals surface area (Å²) in [5, 5.41) is 62.7. The van der Waals surface area contributed by atoms with Crippen molar-refractivity contribution in [2.45, 2.75) is 138 Å². The molecule has 4 aromatic carbocycles. The molecule has 5 heterocycles. The molecule has 8 aliphatic rings. The molecule has 1 amide bonds. The number of methoxy groups -OCH3 is 1. The molecule has 8 atom stereocenters. The van der Waals surface area contributed by atoms with Crippen molar-refractivity contribution in [3.8, 4) is 29.3 Å². The number of aryl methyl sites for hydroxylation is 2. The van der Waals surface area contributed by atoms with Crippen LogP contribution in [0.4, 0.5) is 0 Å². The van der Waals surface area contributed by atoms with Crippen molar-refractivity contribution >= 4 is 45.0 Å². The monoisotopic (exact) mass is 988 g/mol. The first-order valence-corrected chi connectivity index (χ1v) is 26.2. The van der Waals surface area contributed by atoms with Gasteiger partial charge in [0.15, 0.2) is 17.5 Å². The van der Waals surface area contributed by atoms with Crippen molar-refractivity contribution in [1.82, 2.24) is 9.88 Å². The maximum atomic E-state index is 15.4. The van der Waals surface area contributed by atoms with Gasteiger partial charge < -0.3 is 59.1 Å². The number of aromatic hydroxyl groups is 1. The van der Waals surface area contributed by atoms with Crippen LogP contribution in [0.3, 0.4) is 0 Å². The van der Waals surface area contributed by atoms with Crippen molar-refractivity contribution < 1.29 is 58.8 Å². The Labute approximate surface area is 422 Å². The number of nitrogens with one attached hydrogen (secondary N) is 1. The van der Waals surface area contributed by atoms with Crippen molar-refractivity contribution in [3.05, 3.63) is 110 Å². The van der Waals surface area contributed by atoms with Gasteiger partial charge in [0.1, 0.15) is 41.7 Å². The molecule has 8 unspecified atom stereocenters. The van der Waals surface area contributed by atoms with E-state index in [9.17, 15) is 30.3 Å². The van der Waals surface area contributed by atoms with Gasteiger partial charge in [-0.3, -0.25) is 9.59 Å². The fraction of sp³-hybridized carbons (Fsp3) is 0.458. The van der Waals surface area contributed by atoms with E-state index in [0.29, 0.717) is 47.9 Å². The van der Waals surface area contributed by atoms with Crippen molar-refractivity contribution in [1.29, 1.82) is 0 Å². The van der Waals surface area contributed by atoms with E-state index in [4.69, 9.17) is 23.7 Å². The van der Waals surface area contributed by atoms with Crippen molar-refractivity contribution in [3.63, 3.8) is 0 Å². The SMILES string of the molecule is COc1c2c3c4c(O)c(c5c6c4c1CCC6=CC1CCCC51)C(=O)CN1Cc4c(cccc4C1=O)CC#COC1C(O)C(COC(c4c[nH]c5ccc(CCC6(O)CCCCC6)cc45)C=C2)OC(O3)C1(O)CO. The third kappa shape index (κ3) is 7.36. The highest BCUT2D eigenvalue weighted by molar-refractivity contribution is 6.17. The van der Waals surface area contributed by atoms with Crippen LogP contribution in [0.25, 0.3) is 33.3 Å². The molecule has 6 N–H and O–H groups in total. The van der Waals surface area contributed by atoms with Crippen LogP contribution in [0.1, 0.15) is 141 Å². The van der Waals surface area contributed by atoms with E-state index in [0.717, 1.165) is 107 Å². The molecule has 0 radical (unpaired) electrons. The Balaban J connectivity index is 1.04. The molecular weight excluding hydrogens is 929 g/mol. The van der Waals surface area contributed by atoms with Crippen LogP contribution in [0, 0.1) is 17.9 Å². The number of rotatable bonds is 6. The number of phenolic OH excluding ortho intramolecular Hbond substituents is 1. The summed E-state index contributed by atoms with van der Waals surface area (Å²) in [6.07, 6.45) is 13.7. The van der Waals surface area contributed by atoms with Gasteiger partial charge in [-0.2, -0.15) is 0 Å². The molecule has 4 aliphatic carbocycles. The lowest BCUT2D eigenvalue weighted by molar-refractivity contribution is -0.328. The summed E-state index contributed by atoms with van der Waals surface area (Å²) in [6, 6.07) is 11.6. The number of ketones is 1. The zero-order chi connectivity index (χ0) is 49.9. The second-order valence-electron chi connectivity index (χ2n) is 21.7. The summed E-state index contributed by atoms with van der Waals surface area (Å²) in [4.78, 5) is 34.5. The number of ether oxygens (including phenoxy) is 5. The Kier molecular flexibility index (Phi) is 11.3. The minimum Gasteiger partial charge on any atom is -0.506 e. The van der Waals surface area contributed by atoms with Crippen molar-refractivity contribution in [2.24, 2.45) is 5.92 Å². The second-order valence-corrected chi connectivity index (χ2v) is 21.7. The van der Waals surface area contributed by atoms with Gasteiger partial charge in [0.05, 0.1) is 49.0 Å². The molecule has 1 saturated heterocycles. The van der Waals surface area contributed by atoms with Gasteiger partial charge in [-0.1, -0.05) is 62.0 Å². The minimum absolute atomic E-state index is 0.00534. The van der Waals surface area contributed by atoms with Crippen LogP contribution < -0.4 is 9.47 Å². The lowest BCUT2D eigenvalue weighted by Crippen LogP contribution is -2.70. The number of nitrogens with zero attached hydrogens (tertiary/aromatic N) is 1. The number of aromatic nitrogens is 1. The molecule has 13 rings (SSSR count). The molecule has 1 aromatic heterocycles. The number of hydrogen-bond acceptors (Lipinski definition) is 12. The number of carbonyl (C=O) groups excluding carboxylic acids is 2. The van der Waals surface area contributed by atoms with E-state index in [-0.39, 0.29) is 66.3 Å². The number of hydrogen-bond donors (Lipinski definition) is 6. The number of benzene rings is 4. The largest absolute Gasteiger partial charge is 0.506 e. The Morgan fingerprint density at radius 2 is 1.85 bits per heavy atom. The number of phenols is 1. The quantitative estimate of drug-likeness (QED) is 0.0912. The summed E-state index contributed by atoms with van der Waals surface area (Å²) in [5.41, 5.74) is 5.47. The molecule has 8 bridgehead atoms. The molecule has 3 fully saturated rings. The zero-order valence-electron chi connectivity index (χ0n) is 40.9. The molecule has 0 spiro atoms. The van der Waals surface area contributed by atoms with E-state index in [1.54, 1.807) is 19.2 Å². The van der Waals surface area contributed by atoms with E-state index in [1.165, 1.54) is 4.90 Å². The average Bonchev–Trinajstić information content (AvgIpc) is 4.13. The number of fused-ring (bicyclic) bond motifs is 8. The summed E-state index contributed by atoms with van der Waals surface area (Å²) in [6.45, 7) is -1.38. The Hall–Kier alpha value is -6.18. The third-order valence-corrected chi connectivity index (χ3v) is 17.6. The number of amides is 1. The van der Waals surface area contributed by atoms with E-state index < -0.39 is 54.3 Å². The summed E-state index contributed by atoms with van der Waals surface area (Å²) >= 11 is 0. The van der Waals surface area contributed by atoms with Crippen molar-refractivity contribution in [2.75, 3.05) is 26.9 Å². The fourth-order valence-electron chi connectivity index (χ4n) is 13.9. The molecule has 2 saturated carbocycles. The minimum atomic E-state index is -2.47. The van der Waals surface area contributed by atoms with Gasteiger partial charge in [-0.25, -0.2) is 0 Å². The standard InChI is InChI=1S/C59H60N2O12/c1-69-53-37-15-14-34-25-33-9-6-11-35(33)47-46(34)48(37)50-52(65)49(47)43(63)28-61-27-41-32(8-5-12-36(41)56(61)66)10-7-23-70-55-51(64)45-29-71-44(18-16-38(53)54(50)73-57(72-45)59(55,68)30-62)40-26-60-42-17-13-31(24-39(40)42)19-22-58(67)20-3-2-4-21-58/h5,8,12-13,16-18,24-26,33,35,44-45,51,55,57,60,62,64-65,67-68H,2-4,6,9-11,14-15,19-22,27-30H2,1H3. The highest BCUT2D eigenvalue weighted by Gasteiger charge is 2.59. The van der Waals surface area contributed by atoms with Gasteiger partial charge in [-0.05, 0) is 121 Å². The zero-order valence-corrected chi connectivity index (χ0v) is 40.9. The first kappa shape index (κ1) is 46.6. The van der Waals surface area contributed by atoms with E-state index >= 15 is 4.79 Å². The van der Waals surface area contributed by atoms with Crippen LogP contribution in [0.2, 0.25) is 0 Å². The van der Waals surface area contributed by atoms with E-state index in [1.807, 2.05) is 30.5 Å². The van der Waals surface area contributed by atoms with Crippen LogP contribution in [0.15, 0.2) is 54.7 Å². The van der Waals surface area contributed by atoms with Gasteiger partial charge in [-0.15, -0.1) is 0 Å². The molecule has 4 aliphatic heterocycles. The number of aliphatic hydroxyl groups excluding tert-OH is 2. The lowest BCUT2D eigenvalue weighted by Gasteiger charge is -2.47. The lowest BCUT2D eigenvalue weighted by atomic mass is 9.69. The number of allylic oxidation sites excluding steroid dienone is 2. The maximum Gasteiger partial charge on any atom is 0.254 e. The van der Waals surface area contributed by atoms with E-state index in [2.05, 4.69) is 35.2 Å². The summed E-state index contributed by atoms with van der Waals surface area (Å²) in [5.74, 6) is 2.52. The van der Waals surface area contributed by atoms with Crippen LogP contribution >= 0.6 is 0 Å². The van der Waals surface area contributed by atoms with Crippen LogP contribution in [0.5, 0.6) is 17.2 Å². The normalized spacial score (nSPS) is 28.8.